The Morgan fingerprint density at radius 3 is 1.90 bits per heavy atom. The normalized spacial score (nSPS) is 24.4. The first-order valence-electron chi connectivity index (χ1n) is 16.1. The molecular formula is C30H36F8N8O6. The summed E-state index contributed by atoms with van der Waals surface area (Å²) in [5.74, 6) is -1.05. The Labute approximate surface area is 287 Å². The van der Waals surface area contributed by atoms with Gasteiger partial charge in [-0.2, -0.15) is 35.1 Å². The van der Waals surface area contributed by atoms with Crippen LogP contribution >= 0.6 is 0 Å². The van der Waals surface area contributed by atoms with E-state index >= 15 is 0 Å². The Kier molecular flexibility index (Phi) is 10.1. The Bertz CT molecular complexity index is 2200. The quantitative estimate of drug-likeness (QED) is 0.294. The summed E-state index contributed by atoms with van der Waals surface area (Å²) >= 11 is 0. The summed E-state index contributed by atoms with van der Waals surface area (Å²) in [5.41, 5.74) is -8.67. The van der Waals surface area contributed by atoms with Gasteiger partial charge in [-0.1, -0.05) is 0 Å². The molecule has 2 fully saturated rings. The zero-order valence-electron chi connectivity index (χ0n) is 28.1. The first-order chi connectivity index (χ1) is 24.0. The van der Waals surface area contributed by atoms with Gasteiger partial charge in [-0.25, -0.2) is 19.6 Å². The number of aryl methyl sites for hydroxylation is 3. The summed E-state index contributed by atoms with van der Waals surface area (Å²) in [7, 11) is 4.28. The van der Waals surface area contributed by atoms with Crippen LogP contribution in [0.25, 0.3) is 22.3 Å². The molecule has 4 heterocycles. The van der Waals surface area contributed by atoms with Crippen LogP contribution in [0.1, 0.15) is 57.9 Å². The van der Waals surface area contributed by atoms with E-state index in [4.69, 9.17) is 0 Å². The third-order valence-electron chi connectivity index (χ3n) is 10.2. The number of hydrogen-bond donors (Lipinski definition) is 2. The fourth-order valence-electron chi connectivity index (χ4n) is 7.10. The van der Waals surface area contributed by atoms with Crippen molar-refractivity contribution in [1.82, 2.24) is 37.4 Å². The molecule has 0 radical (unpaired) electrons. The molecule has 2 atom stereocenters. The van der Waals surface area contributed by atoms with Crippen molar-refractivity contribution in [3.05, 3.63) is 54.3 Å². The summed E-state index contributed by atoms with van der Waals surface area (Å²) in [4.78, 5) is 57.7. The van der Waals surface area contributed by atoms with Crippen molar-refractivity contribution in [2.45, 2.75) is 94.6 Å². The number of hydrogen-bond acceptors (Lipinski definition) is 8. The van der Waals surface area contributed by atoms with Crippen molar-refractivity contribution in [3.63, 3.8) is 0 Å². The molecule has 14 nitrogen and oxygen atoms in total. The topological polar surface area (TPSA) is 164 Å². The number of aromatic nitrogens is 8. The molecule has 52 heavy (non-hydrogen) atoms. The van der Waals surface area contributed by atoms with Crippen molar-refractivity contribution >= 4 is 22.3 Å². The van der Waals surface area contributed by atoms with E-state index in [9.17, 15) is 64.5 Å². The van der Waals surface area contributed by atoms with Gasteiger partial charge in [0.1, 0.15) is 6.33 Å². The molecule has 4 aromatic heterocycles. The second-order valence-corrected chi connectivity index (χ2v) is 13.6. The summed E-state index contributed by atoms with van der Waals surface area (Å²) in [5, 5.41) is 19.6. The van der Waals surface area contributed by atoms with Gasteiger partial charge in [-0.3, -0.25) is 32.4 Å². The molecule has 0 spiro atoms. The van der Waals surface area contributed by atoms with E-state index in [-0.39, 0.29) is 61.1 Å². The number of fused-ring (bicyclic) bond motifs is 2. The van der Waals surface area contributed by atoms with Crippen molar-refractivity contribution in [1.29, 1.82) is 0 Å². The lowest BCUT2D eigenvalue weighted by molar-refractivity contribution is -0.274. The van der Waals surface area contributed by atoms with Crippen LogP contribution in [-0.2, 0) is 34.2 Å². The van der Waals surface area contributed by atoms with E-state index in [0.29, 0.717) is 11.0 Å². The molecule has 0 aliphatic heterocycles. The van der Waals surface area contributed by atoms with Gasteiger partial charge in [0.05, 0.1) is 6.33 Å². The second kappa shape index (κ2) is 13.6. The van der Waals surface area contributed by atoms with Crippen LogP contribution in [0.4, 0.5) is 35.1 Å². The lowest BCUT2D eigenvalue weighted by Gasteiger charge is -2.38. The van der Waals surface area contributed by atoms with Crippen molar-refractivity contribution in [3.8, 4) is 0 Å². The lowest BCUT2D eigenvalue weighted by atomic mass is 9.77. The molecule has 2 aliphatic carbocycles. The zero-order chi connectivity index (χ0) is 38.7. The standard InChI is InChI=1S/C15H17F5N4O3.C15H19F3N4O3/c1-22-10-9(21-7-24(10)12(16)17)11(25)23(13(22)26)6-8-2-4-14(27,5-3-8)15(18,19)20;1-20-8-19-11-10(20)12(23)22(13(24)21(11)2)7-9-4-3-5-14(25,6-9)15(16,17)18/h7-8,12,27H,2-6H2,1H3;8-9,25H,3-7H2,1-2H3. The highest BCUT2D eigenvalue weighted by atomic mass is 19.4. The molecule has 0 bridgehead atoms. The van der Waals surface area contributed by atoms with Gasteiger partial charge < -0.3 is 14.8 Å². The highest BCUT2D eigenvalue weighted by molar-refractivity contribution is 5.70. The first-order valence-corrected chi connectivity index (χ1v) is 16.1. The average molecular weight is 757 g/mol. The first kappa shape index (κ1) is 38.9. The number of aliphatic hydroxyl groups is 2. The average Bonchev–Trinajstić information content (AvgIpc) is 3.68. The Hall–Kier alpha value is -4.34. The van der Waals surface area contributed by atoms with Gasteiger partial charge in [0.2, 0.25) is 0 Å². The molecule has 0 aromatic carbocycles. The zero-order valence-corrected chi connectivity index (χ0v) is 28.1. The van der Waals surface area contributed by atoms with E-state index in [1.54, 1.807) is 7.05 Å². The maximum absolute atomic E-state index is 13.1. The fraction of sp³-hybridized carbons (Fsp3) is 0.667. The molecule has 22 heteroatoms. The highest BCUT2D eigenvalue weighted by Crippen LogP contribution is 2.44. The largest absolute Gasteiger partial charge is 0.417 e. The minimum atomic E-state index is -4.74. The summed E-state index contributed by atoms with van der Waals surface area (Å²) in [6, 6.07) is 0. The molecular weight excluding hydrogens is 720 g/mol. The third kappa shape index (κ3) is 6.81. The van der Waals surface area contributed by atoms with E-state index in [2.05, 4.69) is 9.97 Å². The lowest BCUT2D eigenvalue weighted by Crippen LogP contribution is -2.50. The molecule has 2 saturated carbocycles. The van der Waals surface area contributed by atoms with Crippen LogP contribution in [0.15, 0.2) is 31.8 Å². The molecule has 6 rings (SSSR count). The van der Waals surface area contributed by atoms with Crippen LogP contribution in [-0.4, -0.2) is 71.1 Å². The van der Waals surface area contributed by atoms with Crippen LogP contribution in [0.2, 0.25) is 0 Å². The Balaban J connectivity index is 0.000000202. The maximum atomic E-state index is 13.1. The fourth-order valence-corrected chi connectivity index (χ4v) is 7.10. The highest BCUT2D eigenvalue weighted by Gasteiger charge is 2.56. The Morgan fingerprint density at radius 1 is 0.769 bits per heavy atom. The van der Waals surface area contributed by atoms with Crippen LogP contribution in [0.5, 0.6) is 0 Å². The number of nitrogens with zero attached hydrogens (tertiary/aromatic N) is 8. The number of rotatable bonds is 5. The van der Waals surface area contributed by atoms with Gasteiger partial charge in [0.25, 0.3) is 11.1 Å². The second-order valence-electron chi connectivity index (χ2n) is 13.6. The molecule has 2 unspecified atom stereocenters. The van der Waals surface area contributed by atoms with Crippen molar-refractivity contribution in [2.75, 3.05) is 0 Å². The number of alkyl halides is 8. The predicted molar refractivity (Wildman–Crippen MR) is 167 cm³/mol. The molecule has 2 aliphatic rings. The number of imidazole rings is 2. The van der Waals surface area contributed by atoms with Gasteiger partial charge in [-0.05, 0) is 63.2 Å². The van der Waals surface area contributed by atoms with Crippen LogP contribution in [0.3, 0.4) is 0 Å². The maximum Gasteiger partial charge on any atom is 0.417 e. The van der Waals surface area contributed by atoms with Crippen LogP contribution < -0.4 is 22.5 Å². The SMILES string of the molecule is Cn1c(=O)n(CC2CCC(O)(C(F)(F)F)CC2)c(=O)c2ncn(C(F)F)c21.Cn1cnc2c1c(=O)n(CC1CCCC(O)(C(F)(F)F)C1)c(=O)n2C. The number of halogens is 8. The molecule has 288 valence electrons. The van der Waals surface area contributed by atoms with Crippen molar-refractivity contribution in [2.24, 2.45) is 33.0 Å². The van der Waals surface area contributed by atoms with Crippen LogP contribution in [0, 0.1) is 11.8 Å². The van der Waals surface area contributed by atoms with Gasteiger partial charge in [0, 0.05) is 34.2 Å². The minimum absolute atomic E-state index is 0.0326. The third-order valence-corrected chi connectivity index (χ3v) is 10.2. The summed E-state index contributed by atoms with van der Waals surface area (Å²) in [6.45, 7) is -3.32. The van der Waals surface area contributed by atoms with E-state index < -0.39 is 83.7 Å². The van der Waals surface area contributed by atoms with E-state index in [1.807, 2.05) is 0 Å². The summed E-state index contributed by atoms with van der Waals surface area (Å²) in [6.07, 6.45) is -8.72. The monoisotopic (exact) mass is 756 g/mol. The summed E-state index contributed by atoms with van der Waals surface area (Å²) < 4.78 is 110. The molecule has 0 saturated heterocycles. The van der Waals surface area contributed by atoms with E-state index in [1.165, 1.54) is 29.6 Å². The van der Waals surface area contributed by atoms with Gasteiger partial charge in [-0.15, -0.1) is 0 Å². The Morgan fingerprint density at radius 2 is 1.33 bits per heavy atom. The van der Waals surface area contributed by atoms with Gasteiger partial charge >= 0.3 is 30.3 Å². The van der Waals surface area contributed by atoms with E-state index in [0.717, 1.165) is 20.0 Å². The smallest absolute Gasteiger partial charge is 0.380 e. The van der Waals surface area contributed by atoms with Crippen molar-refractivity contribution < 1.29 is 45.3 Å². The molecule has 2 N–H and O–H groups in total. The molecule has 4 aromatic rings. The predicted octanol–water partition coefficient (Wildman–Crippen LogP) is 2.69. The molecule has 0 amide bonds. The minimum Gasteiger partial charge on any atom is -0.380 e. The van der Waals surface area contributed by atoms with Gasteiger partial charge in [0.15, 0.2) is 33.5 Å².